The van der Waals surface area contributed by atoms with E-state index in [1.165, 1.54) is 11.3 Å². The highest BCUT2D eigenvalue weighted by Gasteiger charge is 2.07. The average molecular weight is 206 g/mol. The van der Waals surface area contributed by atoms with Gasteiger partial charge < -0.3 is 11.1 Å². The van der Waals surface area contributed by atoms with E-state index >= 15 is 0 Å². The smallest absolute Gasteiger partial charge is 0.270 e. The third-order valence-electron chi connectivity index (χ3n) is 1.14. The highest BCUT2D eigenvalue weighted by atomic mass is 35.5. The van der Waals surface area contributed by atoms with Crippen LogP contribution in [0, 0.1) is 0 Å². The first-order chi connectivity index (χ1) is 5.74. The maximum absolute atomic E-state index is 11.1. The summed E-state index contributed by atoms with van der Waals surface area (Å²) in [5.74, 6) is -0.233. The number of nitrogens with two attached hydrogens (primary N) is 1. The molecule has 0 saturated carbocycles. The Morgan fingerprint density at radius 2 is 2.58 bits per heavy atom. The standard InChI is InChI=1S/C6H8ClN3OS/c7-6-10-4(3-12-6)5(11)9-2-1-8/h3H,1-2,8H2,(H,9,11). The number of halogens is 1. The Labute approximate surface area is 78.7 Å². The quantitative estimate of drug-likeness (QED) is 0.755. The van der Waals surface area contributed by atoms with Crippen molar-refractivity contribution >= 4 is 28.8 Å². The topological polar surface area (TPSA) is 68.0 Å². The highest BCUT2D eigenvalue weighted by Crippen LogP contribution is 2.14. The summed E-state index contributed by atoms with van der Waals surface area (Å²) in [6.45, 7) is 0.873. The van der Waals surface area contributed by atoms with Crippen LogP contribution >= 0.6 is 22.9 Å². The van der Waals surface area contributed by atoms with Crippen molar-refractivity contribution in [1.29, 1.82) is 0 Å². The summed E-state index contributed by atoms with van der Waals surface area (Å²) in [5, 5.41) is 4.19. The van der Waals surface area contributed by atoms with Crippen molar-refractivity contribution in [1.82, 2.24) is 10.3 Å². The first-order valence-corrected chi connectivity index (χ1v) is 4.59. The summed E-state index contributed by atoms with van der Waals surface area (Å²) in [5.41, 5.74) is 5.55. The number of hydrogen-bond acceptors (Lipinski definition) is 4. The Bertz CT molecular complexity index is 276. The molecule has 1 aromatic rings. The molecule has 66 valence electrons. The Morgan fingerprint density at radius 1 is 1.83 bits per heavy atom. The van der Waals surface area contributed by atoms with Crippen LogP contribution in [0.2, 0.25) is 4.47 Å². The third-order valence-corrected chi connectivity index (χ3v) is 2.12. The molecule has 0 atom stereocenters. The van der Waals surface area contributed by atoms with Crippen LogP contribution < -0.4 is 11.1 Å². The number of amides is 1. The van der Waals surface area contributed by atoms with Gasteiger partial charge in [-0.25, -0.2) is 4.98 Å². The van der Waals surface area contributed by atoms with Crippen molar-refractivity contribution in [2.24, 2.45) is 5.73 Å². The first kappa shape index (κ1) is 9.44. The van der Waals surface area contributed by atoms with Gasteiger partial charge in [0, 0.05) is 18.5 Å². The lowest BCUT2D eigenvalue weighted by Crippen LogP contribution is -2.29. The second-order valence-electron chi connectivity index (χ2n) is 2.03. The monoisotopic (exact) mass is 205 g/mol. The minimum atomic E-state index is -0.233. The number of carbonyl (C=O) groups is 1. The van der Waals surface area contributed by atoms with E-state index in [9.17, 15) is 4.79 Å². The lowest BCUT2D eigenvalue weighted by Gasteiger charge is -1.98. The number of rotatable bonds is 3. The maximum atomic E-state index is 11.1. The van der Waals surface area contributed by atoms with Crippen LogP contribution in [0.5, 0.6) is 0 Å². The molecule has 1 amide bonds. The summed E-state index contributed by atoms with van der Waals surface area (Å²) in [6.07, 6.45) is 0. The number of hydrogen-bond donors (Lipinski definition) is 2. The molecule has 1 rings (SSSR count). The van der Waals surface area contributed by atoms with Gasteiger partial charge in [-0.2, -0.15) is 0 Å². The molecule has 0 radical (unpaired) electrons. The number of thiazole rings is 1. The Kier molecular flexibility index (Phi) is 3.46. The van der Waals surface area contributed by atoms with Gasteiger partial charge in [-0.1, -0.05) is 11.6 Å². The SMILES string of the molecule is NCCNC(=O)c1csc(Cl)n1. The number of nitrogens with one attached hydrogen (secondary N) is 1. The summed E-state index contributed by atoms with van der Waals surface area (Å²) < 4.78 is 0.368. The summed E-state index contributed by atoms with van der Waals surface area (Å²) in [6, 6.07) is 0. The van der Waals surface area contributed by atoms with Gasteiger partial charge in [-0.3, -0.25) is 4.79 Å². The van der Waals surface area contributed by atoms with Crippen molar-refractivity contribution in [3.05, 3.63) is 15.5 Å². The van der Waals surface area contributed by atoms with Gasteiger partial charge >= 0.3 is 0 Å². The molecule has 0 saturated heterocycles. The highest BCUT2D eigenvalue weighted by molar-refractivity contribution is 7.14. The molecule has 6 heteroatoms. The van der Waals surface area contributed by atoms with Gasteiger partial charge in [0.15, 0.2) is 4.47 Å². The van der Waals surface area contributed by atoms with Crippen molar-refractivity contribution in [2.45, 2.75) is 0 Å². The number of nitrogens with zero attached hydrogens (tertiary/aromatic N) is 1. The molecule has 1 aromatic heterocycles. The predicted molar refractivity (Wildman–Crippen MR) is 48.5 cm³/mol. The molecule has 0 unspecified atom stereocenters. The molecule has 1 heterocycles. The van der Waals surface area contributed by atoms with Crippen LogP contribution in [-0.2, 0) is 0 Å². The molecule has 4 nitrogen and oxygen atoms in total. The molecule has 0 bridgehead atoms. The third kappa shape index (κ3) is 2.44. The van der Waals surface area contributed by atoms with Crippen molar-refractivity contribution in [3.63, 3.8) is 0 Å². The lowest BCUT2D eigenvalue weighted by molar-refractivity contribution is 0.0950. The van der Waals surface area contributed by atoms with Gasteiger partial charge in [0.1, 0.15) is 5.69 Å². The molecule has 0 aliphatic rings. The summed E-state index contributed by atoms with van der Waals surface area (Å²) >= 11 is 6.77. The first-order valence-electron chi connectivity index (χ1n) is 3.33. The van der Waals surface area contributed by atoms with Crippen LogP contribution in [0.25, 0.3) is 0 Å². The van der Waals surface area contributed by atoms with Crippen molar-refractivity contribution in [3.8, 4) is 0 Å². The Hall–Kier alpha value is -0.650. The molecule has 0 aliphatic heterocycles. The fraction of sp³-hybridized carbons (Fsp3) is 0.333. The molecule has 0 fully saturated rings. The van der Waals surface area contributed by atoms with E-state index in [1.807, 2.05) is 0 Å². The van der Waals surface area contributed by atoms with Crippen molar-refractivity contribution in [2.75, 3.05) is 13.1 Å². The van der Waals surface area contributed by atoms with Gasteiger partial charge in [0.25, 0.3) is 5.91 Å². The summed E-state index contributed by atoms with van der Waals surface area (Å²) in [4.78, 5) is 14.9. The van der Waals surface area contributed by atoms with Crippen LogP contribution in [-0.4, -0.2) is 24.0 Å². The molecule has 0 aromatic carbocycles. The summed E-state index contributed by atoms with van der Waals surface area (Å²) in [7, 11) is 0. The predicted octanol–water partition coefficient (Wildman–Crippen LogP) is 0.485. The molecular weight excluding hydrogens is 198 g/mol. The molecule has 12 heavy (non-hydrogen) atoms. The second-order valence-corrected chi connectivity index (χ2v) is 3.47. The van der Waals surface area contributed by atoms with Gasteiger partial charge in [-0.15, -0.1) is 11.3 Å². The Morgan fingerprint density at radius 3 is 3.08 bits per heavy atom. The normalized spacial score (nSPS) is 9.83. The van der Waals surface area contributed by atoms with E-state index in [4.69, 9.17) is 17.3 Å². The maximum Gasteiger partial charge on any atom is 0.270 e. The van der Waals surface area contributed by atoms with E-state index in [-0.39, 0.29) is 5.91 Å². The van der Waals surface area contributed by atoms with Crippen LogP contribution in [0.1, 0.15) is 10.5 Å². The molecular formula is C6H8ClN3OS. The molecule has 0 spiro atoms. The van der Waals surface area contributed by atoms with Gasteiger partial charge in [0.05, 0.1) is 0 Å². The van der Waals surface area contributed by atoms with Gasteiger partial charge in [0.2, 0.25) is 0 Å². The van der Waals surface area contributed by atoms with Crippen molar-refractivity contribution < 1.29 is 4.79 Å². The fourth-order valence-electron chi connectivity index (χ4n) is 0.632. The zero-order valence-corrected chi connectivity index (χ0v) is 7.78. The van der Waals surface area contributed by atoms with E-state index in [0.29, 0.717) is 23.3 Å². The van der Waals surface area contributed by atoms with Crippen LogP contribution in [0.4, 0.5) is 0 Å². The zero-order valence-electron chi connectivity index (χ0n) is 6.21. The number of carbonyl (C=O) groups excluding carboxylic acids is 1. The Balaban J connectivity index is 2.53. The number of aromatic nitrogens is 1. The molecule has 0 aliphatic carbocycles. The van der Waals surface area contributed by atoms with Crippen LogP contribution in [0.3, 0.4) is 0 Å². The average Bonchev–Trinajstić information content (AvgIpc) is 2.47. The van der Waals surface area contributed by atoms with E-state index in [2.05, 4.69) is 10.3 Å². The van der Waals surface area contributed by atoms with E-state index < -0.39 is 0 Å². The minimum absolute atomic E-state index is 0.233. The largest absolute Gasteiger partial charge is 0.349 e. The molecule has 3 N–H and O–H groups in total. The zero-order chi connectivity index (χ0) is 8.97. The van der Waals surface area contributed by atoms with Crippen LogP contribution in [0.15, 0.2) is 5.38 Å². The second kappa shape index (κ2) is 4.39. The van der Waals surface area contributed by atoms with E-state index in [1.54, 1.807) is 5.38 Å². The lowest BCUT2D eigenvalue weighted by atomic mass is 10.4. The van der Waals surface area contributed by atoms with Gasteiger partial charge in [-0.05, 0) is 0 Å². The van der Waals surface area contributed by atoms with E-state index in [0.717, 1.165) is 0 Å². The fourth-order valence-corrected chi connectivity index (χ4v) is 1.38. The minimum Gasteiger partial charge on any atom is -0.349 e.